The van der Waals surface area contributed by atoms with Gasteiger partial charge in [-0.15, -0.1) is 0 Å². The van der Waals surface area contributed by atoms with Gasteiger partial charge in [0.2, 0.25) is 5.65 Å². The molecule has 154 valence electrons. The van der Waals surface area contributed by atoms with Gasteiger partial charge in [0, 0.05) is 24.2 Å². The molecule has 3 heterocycles. The number of benzene rings is 1. The quantitative estimate of drug-likeness (QED) is 0.557. The Morgan fingerprint density at radius 1 is 1.33 bits per heavy atom. The first-order valence-electron chi connectivity index (χ1n) is 9.18. The van der Waals surface area contributed by atoms with Crippen molar-refractivity contribution >= 4 is 46.3 Å². The highest BCUT2D eigenvalue weighted by Crippen LogP contribution is 2.36. The number of nitrogens with one attached hydrogen (secondary N) is 2. The first-order valence-corrected chi connectivity index (χ1v) is 9.93. The molecule has 3 aromatic rings. The minimum atomic E-state index is -1.05. The number of nitrogens with zero attached hydrogens (tertiary/aromatic N) is 5. The molecule has 11 heteroatoms. The number of carbonyl (C=O) groups is 1. The van der Waals surface area contributed by atoms with Crippen molar-refractivity contribution in [3.63, 3.8) is 0 Å². The number of hydrogen-bond donors (Lipinski definition) is 3. The van der Waals surface area contributed by atoms with E-state index in [9.17, 15) is 10.1 Å². The fourth-order valence-electron chi connectivity index (χ4n) is 3.60. The second kappa shape index (κ2) is 7.63. The van der Waals surface area contributed by atoms with E-state index in [-0.39, 0.29) is 5.69 Å². The second-order valence-corrected chi connectivity index (χ2v) is 8.14. The van der Waals surface area contributed by atoms with Crippen molar-refractivity contribution in [3.05, 3.63) is 33.9 Å². The zero-order valence-corrected chi connectivity index (χ0v) is 17.4. The number of nitriles is 1. The third-order valence-corrected chi connectivity index (χ3v) is 6.09. The van der Waals surface area contributed by atoms with Crippen LogP contribution in [0.25, 0.3) is 22.4 Å². The molecule has 1 aliphatic rings. The molecule has 3 N–H and O–H groups in total. The zero-order chi connectivity index (χ0) is 21.5. The highest BCUT2D eigenvalue weighted by molar-refractivity contribution is 6.43. The van der Waals surface area contributed by atoms with Crippen LogP contribution in [-0.2, 0) is 0 Å². The van der Waals surface area contributed by atoms with E-state index >= 15 is 0 Å². The van der Waals surface area contributed by atoms with Crippen LogP contribution < -0.4 is 10.2 Å². The van der Waals surface area contributed by atoms with E-state index in [2.05, 4.69) is 31.6 Å². The van der Waals surface area contributed by atoms with Gasteiger partial charge in [0.05, 0.1) is 15.7 Å². The molecule has 0 bridgehead atoms. The molecular weight excluding hydrogens is 429 g/mol. The lowest BCUT2D eigenvalue weighted by molar-refractivity contribution is 0.173. The molecule has 1 aromatic carbocycles. The first kappa shape index (κ1) is 20.2. The summed E-state index contributed by atoms with van der Waals surface area (Å²) in [5, 5.41) is 29.2. The van der Waals surface area contributed by atoms with Gasteiger partial charge in [-0.2, -0.15) is 10.4 Å². The molecule has 0 spiro atoms. The van der Waals surface area contributed by atoms with Gasteiger partial charge < -0.3 is 15.3 Å². The number of aromatic amines is 1. The fraction of sp³-hybridized carbons (Fsp3) is 0.316. The van der Waals surface area contributed by atoms with Gasteiger partial charge in [0.15, 0.2) is 11.5 Å². The average Bonchev–Trinajstić information content (AvgIpc) is 3.11. The maximum Gasteiger partial charge on any atom is 0.405 e. The van der Waals surface area contributed by atoms with Gasteiger partial charge in [-0.1, -0.05) is 35.3 Å². The summed E-state index contributed by atoms with van der Waals surface area (Å²) in [7, 11) is 0. The van der Waals surface area contributed by atoms with E-state index in [1.165, 1.54) is 0 Å². The van der Waals surface area contributed by atoms with Gasteiger partial charge >= 0.3 is 6.09 Å². The predicted molar refractivity (Wildman–Crippen MR) is 113 cm³/mol. The van der Waals surface area contributed by atoms with E-state index in [1.807, 2.05) is 11.8 Å². The van der Waals surface area contributed by atoms with Crippen LogP contribution in [0.4, 0.5) is 10.6 Å². The Morgan fingerprint density at radius 3 is 2.73 bits per heavy atom. The van der Waals surface area contributed by atoms with E-state index < -0.39 is 11.6 Å². The molecule has 0 saturated carbocycles. The van der Waals surface area contributed by atoms with Crippen molar-refractivity contribution in [2.75, 3.05) is 18.0 Å². The van der Waals surface area contributed by atoms with Crippen LogP contribution in [-0.4, -0.2) is 50.0 Å². The molecule has 0 atom stereocenters. The number of piperidine rings is 1. The second-order valence-electron chi connectivity index (χ2n) is 7.36. The van der Waals surface area contributed by atoms with Crippen LogP contribution >= 0.6 is 23.2 Å². The van der Waals surface area contributed by atoms with Crippen molar-refractivity contribution in [2.24, 2.45) is 0 Å². The van der Waals surface area contributed by atoms with E-state index in [4.69, 9.17) is 28.3 Å². The lowest BCUT2D eigenvalue weighted by Gasteiger charge is -2.39. The number of hydrogen-bond acceptors (Lipinski definition) is 6. The van der Waals surface area contributed by atoms with Crippen molar-refractivity contribution in [1.29, 1.82) is 5.26 Å². The summed E-state index contributed by atoms with van der Waals surface area (Å²) in [6.45, 7) is 2.93. The maximum atomic E-state index is 11.0. The van der Waals surface area contributed by atoms with Crippen LogP contribution in [0.2, 0.25) is 10.0 Å². The van der Waals surface area contributed by atoms with Crippen LogP contribution in [0.5, 0.6) is 0 Å². The number of aromatic nitrogens is 4. The number of anilines is 1. The molecule has 30 heavy (non-hydrogen) atoms. The van der Waals surface area contributed by atoms with E-state index in [0.717, 1.165) is 0 Å². The van der Waals surface area contributed by atoms with Gasteiger partial charge in [0.1, 0.15) is 11.6 Å². The third-order valence-electron chi connectivity index (χ3n) is 5.27. The summed E-state index contributed by atoms with van der Waals surface area (Å²) in [4.78, 5) is 22.0. The lowest BCUT2D eigenvalue weighted by atomic mass is 9.90. The molecule has 1 amide bonds. The minimum Gasteiger partial charge on any atom is -0.465 e. The third kappa shape index (κ3) is 3.60. The van der Waals surface area contributed by atoms with Crippen LogP contribution in [0.1, 0.15) is 25.5 Å². The van der Waals surface area contributed by atoms with Crippen LogP contribution in [0.15, 0.2) is 18.2 Å². The largest absolute Gasteiger partial charge is 0.465 e. The van der Waals surface area contributed by atoms with Gasteiger partial charge in [-0.25, -0.2) is 14.8 Å². The molecule has 1 saturated heterocycles. The standard InChI is InChI=1S/C19H17Cl2N7O2/c1-19(25-18(29)30)5-7-28(8-6-19)17-12(9-22)23-15-14(26-27-16(15)24-17)10-3-2-4-11(20)13(10)21/h2-4,25H,5-8H2,1H3,(H,29,30)(H,24,26,27). The summed E-state index contributed by atoms with van der Waals surface area (Å²) >= 11 is 12.4. The SMILES string of the molecule is CC1(NC(=O)O)CCN(c2nc3n[nH]c(-c4cccc(Cl)c4Cl)c3nc2C#N)CC1. The van der Waals surface area contributed by atoms with Gasteiger partial charge in [-0.05, 0) is 25.8 Å². The van der Waals surface area contributed by atoms with Crippen molar-refractivity contribution in [2.45, 2.75) is 25.3 Å². The summed E-state index contributed by atoms with van der Waals surface area (Å²) in [5.41, 5.74) is 1.57. The molecule has 1 aliphatic heterocycles. The Bertz CT molecular complexity index is 1180. The normalized spacial score (nSPS) is 15.7. The Balaban J connectivity index is 1.70. The fourth-order valence-corrected chi connectivity index (χ4v) is 4.00. The number of carboxylic acid groups (broad SMARTS) is 1. The van der Waals surface area contributed by atoms with E-state index in [1.54, 1.807) is 18.2 Å². The lowest BCUT2D eigenvalue weighted by Crippen LogP contribution is -2.53. The highest BCUT2D eigenvalue weighted by Gasteiger charge is 2.33. The first-order chi connectivity index (χ1) is 14.3. The molecule has 9 nitrogen and oxygen atoms in total. The molecular formula is C19H17Cl2N7O2. The van der Waals surface area contributed by atoms with Crippen LogP contribution in [0.3, 0.4) is 0 Å². The average molecular weight is 446 g/mol. The monoisotopic (exact) mass is 445 g/mol. The number of rotatable bonds is 3. The Morgan fingerprint density at radius 2 is 2.07 bits per heavy atom. The maximum absolute atomic E-state index is 11.0. The predicted octanol–water partition coefficient (Wildman–Crippen LogP) is 3.82. The Hall–Kier alpha value is -3.09. The molecule has 4 rings (SSSR count). The minimum absolute atomic E-state index is 0.165. The number of H-pyrrole nitrogens is 1. The smallest absolute Gasteiger partial charge is 0.405 e. The summed E-state index contributed by atoms with van der Waals surface area (Å²) in [5.74, 6) is 0.428. The Labute approximate surface area is 181 Å². The molecule has 2 aromatic heterocycles. The Kier molecular flexibility index (Phi) is 5.13. The molecule has 1 fully saturated rings. The van der Waals surface area contributed by atoms with Gasteiger partial charge in [0.25, 0.3) is 0 Å². The molecule has 0 aliphatic carbocycles. The molecule has 0 radical (unpaired) electrons. The highest BCUT2D eigenvalue weighted by atomic mass is 35.5. The zero-order valence-electron chi connectivity index (χ0n) is 15.9. The van der Waals surface area contributed by atoms with E-state index in [0.29, 0.717) is 64.2 Å². The summed E-state index contributed by atoms with van der Waals surface area (Å²) in [6.07, 6.45) is 0.107. The number of fused-ring (bicyclic) bond motifs is 1. The van der Waals surface area contributed by atoms with Crippen molar-refractivity contribution < 1.29 is 9.90 Å². The summed E-state index contributed by atoms with van der Waals surface area (Å²) in [6, 6.07) is 7.33. The van der Waals surface area contributed by atoms with Gasteiger partial charge in [-0.3, -0.25) is 5.10 Å². The van der Waals surface area contributed by atoms with Crippen LogP contribution in [0, 0.1) is 11.3 Å². The summed E-state index contributed by atoms with van der Waals surface area (Å²) < 4.78 is 0. The van der Waals surface area contributed by atoms with Crippen molar-refractivity contribution in [1.82, 2.24) is 25.5 Å². The topological polar surface area (TPSA) is 131 Å². The number of halogens is 2. The number of amides is 1. The van der Waals surface area contributed by atoms with Crippen molar-refractivity contribution in [3.8, 4) is 17.3 Å². The molecule has 0 unspecified atom stereocenters.